The maximum absolute atomic E-state index is 16.4. The summed E-state index contributed by atoms with van der Waals surface area (Å²) < 4.78 is 22.7. The van der Waals surface area contributed by atoms with Crippen LogP contribution in [0.25, 0.3) is 22.2 Å². The number of rotatable bonds is 6. The SMILES string of the molecule is CCc1c(Cl)cccc1-c1ncc2c(N3C[C@H]4CC[C@@H](C3)N4)nc(OCC34CCCN3CCC4)nc2c1F. The van der Waals surface area contributed by atoms with E-state index in [-0.39, 0.29) is 22.8 Å². The molecule has 0 amide bonds. The van der Waals surface area contributed by atoms with Crippen LogP contribution in [0.15, 0.2) is 24.4 Å². The van der Waals surface area contributed by atoms with E-state index in [0.29, 0.717) is 41.1 Å². The van der Waals surface area contributed by atoms with Crippen molar-refractivity contribution in [2.45, 2.75) is 69.5 Å². The summed E-state index contributed by atoms with van der Waals surface area (Å²) in [6, 6.07) is 6.65. The van der Waals surface area contributed by atoms with Crippen LogP contribution in [0.4, 0.5) is 10.2 Å². The molecule has 9 heteroatoms. The summed E-state index contributed by atoms with van der Waals surface area (Å²) in [4.78, 5) is 19.0. The van der Waals surface area contributed by atoms with Gasteiger partial charge in [0.15, 0.2) is 5.82 Å². The van der Waals surface area contributed by atoms with Crippen LogP contribution in [0, 0.1) is 5.82 Å². The van der Waals surface area contributed by atoms with Crippen molar-refractivity contribution in [1.29, 1.82) is 0 Å². The molecule has 7 rings (SSSR count). The van der Waals surface area contributed by atoms with Gasteiger partial charge in [0.25, 0.3) is 0 Å². The second kappa shape index (κ2) is 9.57. The Labute approximate surface area is 227 Å². The van der Waals surface area contributed by atoms with Crippen LogP contribution in [0.2, 0.25) is 5.02 Å². The summed E-state index contributed by atoms with van der Waals surface area (Å²) in [7, 11) is 0. The van der Waals surface area contributed by atoms with Crippen LogP contribution >= 0.6 is 11.6 Å². The van der Waals surface area contributed by atoms with Gasteiger partial charge in [-0.1, -0.05) is 30.7 Å². The third kappa shape index (κ3) is 4.03. The standard InChI is InChI=1S/C29H34ClFN6O/c1-2-20-21(6-3-7-23(20)30)25-24(31)26-22(14-32-25)27(36-15-18-8-9-19(16-36)33-18)35-28(34-26)38-17-29-10-4-12-37(29)13-5-11-29/h3,6-7,14,18-19,33H,2,4-5,8-13,15-17H2,1H3/t18-,19+. The van der Waals surface area contributed by atoms with Crippen LogP contribution in [-0.4, -0.2) is 70.3 Å². The van der Waals surface area contributed by atoms with E-state index >= 15 is 4.39 Å². The van der Waals surface area contributed by atoms with Crippen LogP contribution in [0.3, 0.4) is 0 Å². The first-order valence-corrected chi connectivity index (χ1v) is 14.5. The van der Waals surface area contributed by atoms with Gasteiger partial charge in [0.1, 0.15) is 23.6 Å². The summed E-state index contributed by atoms with van der Waals surface area (Å²) in [6.45, 7) is 6.47. The molecular weight excluding hydrogens is 503 g/mol. The molecule has 0 aliphatic carbocycles. The Morgan fingerprint density at radius 1 is 1.13 bits per heavy atom. The molecule has 0 radical (unpaired) electrons. The van der Waals surface area contributed by atoms with E-state index in [2.05, 4.69) is 25.1 Å². The van der Waals surface area contributed by atoms with Gasteiger partial charge in [-0.3, -0.25) is 9.88 Å². The number of anilines is 1. The number of nitrogens with one attached hydrogen (secondary N) is 1. The molecule has 2 aromatic heterocycles. The van der Waals surface area contributed by atoms with Crippen LogP contribution in [0.5, 0.6) is 6.01 Å². The highest BCUT2D eigenvalue weighted by Gasteiger charge is 2.45. The maximum atomic E-state index is 16.4. The van der Waals surface area contributed by atoms with Crippen molar-refractivity contribution < 1.29 is 9.13 Å². The Kier molecular flexibility index (Phi) is 6.17. The van der Waals surface area contributed by atoms with Crippen molar-refractivity contribution in [2.75, 3.05) is 37.7 Å². The van der Waals surface area contributed by atoms with Crippen molar-refractivity contribution in [3.05, 3.63) is 40.8 Å². The van der Waals surface area contributed by atoms with E-state index in [1.807, 2.05) is 25.1 Å². The van der Waals surface area contributed by atoms with E-state index < -0.39 is 5.82 Å². The lowest BCUT2D eigenvalue weighted by atomic mass is 9.95. The zero-order chi connectivity index (χ0) is 25.9. The minimum absolute atomic E-state index is 0.0609. The second-order valence-electron chi connectivity index (χ2n) is 11.4. The fourth-order valence-electron chi connectivity index (χ4n) is 7.28. The van der Waals surface area contributed by atoms with E-state index in [9.17, 15) is 0 Å². The van der Waals surface area contributed by atoms with Crippen molar-refractivity contribution in [2.24, 2.45) is 0 Å². The lowest BCUT2D eigenvalue weighted by molar-refractivity contribution is 0.108. The normalized spacial score (nSPS) is 24.3. The minimum atomic E-state index is -0.451. The highest BCUT2D eigenvalue weighted by Crippen LogP contribution is 2.40. The molecule has 0 spiro atoms. The predicted octanol–water partition coefficient (Wildman–Crippen LogP) is 4.99. The van der Waals surface area contributed by atoms with Gasteiger partial charge >= 0.3 is 6.01 Å². The first-order chi connectivity index (χ1) is 18.5. The molecule has 1 aromatic carbocycles. The van der Waals surface area contributed by atoms with Gasteiger partial charge in [-0.2, -0.15) is 9.97 Å². The van der Waals surface area contributed by atoms with Gasteiger partial charge in [-0.25, -0.2) is 4.39 Å². The predicted molar refractivity (Wildman–Crippen MR) is 148 cm³/mol. The maximum Gasteiger partial charge on any atom is 0.319 e. The molecular formula is C29H34ClFN6O. The molecule has 4 aliphatic rings. The topological polar surface area (TPSA) is 66.4 Å². The van der Waals surface area contributed by atoms with E-state index in [0.717, 1.165) is 63.2 Å². The average molecular weight is 537 g/mol. The monoisotopic (exact) mass is 536 g/mol. The number of halogens is 2. The first kappa shape index (κ1) is 24.5. The summed E-state index contributed by atoms with van der Waals surface area (Å²) in [5.41, 5.74) is 2.17. The Balaban J connectivity index is 1.32. The van der Waals surface area contributed by atoms with E-state index in [4.69, 9.17) is 21.3 Å². The average Bonchev–Trinajstić information content (AvgIpc) is 3.61. The van der Waals surface area contributed by atoms with Crippen LogP contribution < -0.4 is 15.0 Å². The highest BCUT2D eigenvalue weighted by molar-refractivity contribution is 6.31. The second-order valence-corrected chi connectivity index (χ2v) is 11.8. The number of ether oxygens (including phenoxy) is 1. The zero-order valence-electron chi connectivity index (χ0n) is 21.8. The lowest BCUT2D eigenvalue weighted by Crippen LogP contribution is -2.51. The van der Waals surface area contributed by atoms with Gasteiger partial charge in [0.2, 0.25) is 0 Å². The molecule has 0 saturated carbocycles. The van der Waals surface area contributed by atoms with E-state index in [1.54, 1.807) is 6.20 Å². The molecule has 4 fully saturated rings. The Morgan fingerprint density at radius 3 is 2.63 bits per heavy atom. The number of pyridine rings is 1. The molecule has 38 heavy (non-hydrogen) atoms. The summed E-state index contributed by atoms with van der Waals surface area (Å²) >= 11 is 6.47. The molecule has 4 saturated heterocycles. The third-order valence-electron chi connectivity index (χ3n) is 9.17. The van der Waals surface area contributed by atoms with Crippen molar-refractivity contribution >= 4 is 28.3 Å². The summed E-state index contributed by atoms with van der Waals surface area (Å²) in [6.07, 6.45) is 9.36. The third-order valence-corrected chi connectivity index (χ3v) is 9.52. The molecule has 0 unspecified atom stereocenters. The van der Waals surface area contributed by atoms with Gasteiger partial charge < -0.3 is 15.0 Å². The Bertz CT molecular complexity index is 1360. The van der Waals surface area contributed by atoms with Gasteiger partial charge in [0.05, 0.1) is 10.9 Å². The molecule has 4 aliphatic heterocycles. The number of hydrogen-bond donors (Lipinski definition) is 1. The van der Waals surface area contributed by atoms with Crippen LogP contribution in [0.1, 0.15) is 51.0 Å². The zero-order valence-corrected chi connectivity index (χ0v) is 22.6. The molecule has 200 valence electrons. The molecule has 6 heterocycles. The lowest BCUT2D eigenvalue weighted by Gasteiger charge is -2.34. The molecule has 2 bridgehead atoms. The number of hydrogen-bond acceptors (Lipinski definition) is 7. The molecule has 7 nitrogen and oxygen atoms in total. The van der Waals surface area contributed by atoms with Gasteiger partial charge in [-0.05, 0) is 69.7 Å². The molecule has 1 N–H and O–H groups in total. The smallest absolute Gasteiger partial charge is 0.319 e. The number of benzene rings is 1. The molecule has 3 aromatic rings. The highest BCUT2D eigenvalue weighted by atomic mass is 35.5. The molecule has 2 atom stereocenters. The Hall–Kier alpha value is -2.55. The fraction of sp³-hybridized carbons (Fsp3) is 0.552. The van der Waals surface area contributed by atoms with Crippen molar-refractivity contribution in [3.8, 4) is 17.3 Å². The van der Waals surface area contributed by atoms with Gasteiger partial charge in [-0.15, -0.1) is 0 Å². The minimum Gasteiger partial charge on any atom is -0.461 e. The number of piperazine rings is 1. The number of aromatic nitrogens is 3. The number of nitrogens with zero attached hydrogens (tertiary/aromatic N) is 5. The van der Waals surface area contributed by atoms with Crippen LogP contribution in [-0.2, 0) is 6.42 Å². The summed E-state index contributed by atoms with van der Waals surface area (Å²) in [5, 5.41) is 4.92. The first-order valence-electron chi connectivity index (χ1n) is 14.1. The summed E-state index contributed by atoms with van der Waals surface area (Å²) in [5.74, 6) is 0.267. The fourth-order valence-corrected chi connectivity index (χ4v) is 7.59. The van der Waals surface area contributed by atoms with E-state index in [1.165, 1.54) is 12.8 Å². The van der Waals surface area contributed by atoms with Crippen molar-refractivity contribution in [3.63, 3.8) is 0 Å². The largest absolute Gasteiger partial charge is 0.461 e. The van der Waals surface area contributed by atoms with Gasteiger partial charge in [0, 0.05) is 42.0 Å². The Morgan fingerprint density at radius 2 is 1.89 bits per heavy atom. The number of fused-ring (bicyclic) bond motifs is 4. The van der Waals surface area contributed by atoms with Crippen molar-refractivity contribution in [1.82, 2.24) is 25.2 Å². The quantitative estimate of drug-likeness (QED) is 0.476.